The van der Waals surface area contributed by atoms with Crippen LogP contribution in [0.15, 0.2) is 0 Å². The van der Waals surface area contributed by atoms with E-state index >= 15 is 0 Å². The van der Waals surface area contributed by atoms with Gasteiger partial charge in [0, 0.05) is 6.04 Å². The molecule has 0 saturated heterocycles. The monoisotopic (exact) mass is 261 g/mol. The van der Waals surface area contributed by atoms with E-state index in [-0.39, 0.29) is 0 Å². The number of hydrogen-bond acceptors (Lipinski definition) is 1. The smallest absolute Gasteiger partial charge is 0.0152 e. The van der Waals surface area contributed by atoms with Gasteiger partial charge in [-0.25, -0.2) is 0 Å². The molecule has 5 aliphatic carbocycles. The molecule has 19 heavy (non-hydrogen) atoms. The molecule has 1 atom stereocenters. The molecule has 5 fully saturated rings. The normalized spacial score (nSPS) is 46.9. The predicted molar refractivity (Wildman–Crippen MR) is 80.0 cm³/mol. The Morgan fingerprint density at radius 2 is 1.47 bits per heavy atom. The Morgan fingerprint density at radius 1 is 0.947 bits per heavy atom. The molecule has 4 bridgehead atoms. The van der Waals surface area contributed by atoms with E-state index < -0.39 is 0 Å². The lowest BCUT2D eigenvalue weighted by atomic mass is 9.46. The molecular formula is C18H31N. The van der Waals surface area contributed by atoms with Crippen LogP contribution in [0.1, 0.15) is 71.1 Å². The van der Waals surface area contributed by atoms with Crippen LogP contribution in [-0.2, 0) is 0 Å². The van der Waals surface area contributed by atoms with Crippen LogP contribution in [0.5, 0.6) is 0 Å². The van der Waals surface area contributed by atoms with Gasteiger partial charge in [0.2, 0.25) is 0 Å². The Balaban J connectivity index is 1.60. The molecule has 1 nitrogen and oxygen atoms in total. The van der Waals surface area contributed by atoms with Crippen LogP contribution in [0.3, 0.4) is 0 Å². The molecule has 0 radical (unpaired) electrons. The van der Waals surface area contributed by atoms with Crippen molar-refractivity contribution in [3.63, 3.8) is 0 Å². The average molecular weight is 261 g/mol. The minimum absolute atomic E-state index is 0.722. The highest BCUT2D eigenvalue weighted by Gasteiger charge is 2.55. The molecule has 0 aliphatic heterocycles. The zero-order chi connectivity index (χ0) is 12.9. The maximum absolute atomic E-state index is 3.98. The summed E-state index contributed by atoms with van der Waals surface area (Å²) in [6.07, 6.45) is 15.5. The Kier molecular flexibility index (Phi) is 3.17. The third-order valence-corrected chi connectivity index (χ3v) is 7.04. The fraction of sp³-hybridized carbons (Fsp3) is 1.00. The van der Waals surface area contributed by atoms with Crippen molar-refractivity contribution >= 4 is 0 Å². The second-order valence-electron chi connectivity index (χ2n) is 8.36. The predicted octanol–water partition coefficient (Wildman–Crippen LogP) is 4.37. The van der Waals surface area contributed by atoms with Crippen LogP contribution in [0, 0.1) is 29.1 Å². The van der Waals surface area contributed by atoms with Gasteiger partial charge in [0.25, 0.3) is 0 Å². The molecule has 0 heterocycles. The first-order valence-corrected chi connectivity index (χ1v) is 9.02. The van der Waals surface area contributed by atoms with Crippen molar-refractivity contribution in [2.75, 3.05) is 6.54 Å². The second kappa shape index (κ2) is 4.76. The molecule has 1 N–H and O–H groups in total. The Labute approximate surface area is 118 Å². The van der Waals surface area contributed by atoms with Gasteiger partial charge in [-0.2, -0.15) is 0 Å². The summed E-state index contributed by atoms with van der Waals surface area (Å²) in [5.74, 6) is 4.33. The zero-order valence-electron chi connectivity index (χ0n) is 12.7. The van der Waals surface area contributed by atoms with E-state index in [4.69, 9.17) is 0 Å². The van der Waals surface area contributed by atoms with Crippen LogP contribution in [0.25, 0.3) is 0 Å². The second-order valence-corrected chi connectivity index (χ2v) is 8.36. The fourth-order valence-electron chi connectivity index (χ4n) is 6.95. The van der Waals surface area contributed by atoms with Gasteiger partial charge in [-0.3, -0.25) is 0 Å². The van der Waals surface area contributed by atoms with Gasteiger partial charge < -0.3 is 5.32 Å². The van der Waals surface area contributed by atoms with Gasteiger partial charge in [-0.1, -0.05) is 19.8 Å². The van der Waals surface area contributed by atoms with Gasteiger partial charge in [0.15, 0.2) is 0 Å². The maximum atomic E-state index is 3.98. The number of nitrogens with one attached hydrogen (secondary N) is 1. The Bertz CT molecular complexity index is 293. The lowest BCUT2D eigenvalue weighted by Crippen LogP contribution is -2.58. The molecule has 5 aliphatic rings. The summed E-state index contributed by atoms with van der Waals surface area (Å²) < 4.78 is 0. The van der Waals surface area contributed by atoms with Crippen LogP contribution < -0.4 is 5.32 Å². The number of hydrogen-bond donors (Lipinski definition) is 1. The van der Waals surface area contributed by atoms with E-state index in [1.165, 1.54) is 32.2 Å². The third kappa shape index (κ3) is 2.07. The van der Waals surface area contributed by atoms with E-state index in [1.54, 1.807) is 38.5 Å². The minimum Gasteiger partial charge on any atom is -0.313 e. The van der Waals surface area contributed by atoms with Crippen molar-refractivity contribution in [3.8, 4) is 0 Å². The number of rotatable bonds is 4. The zero-order valence-corrected chi connectivity index (χ0v) is 12.7. The van der Waals surface area contributed by atoms with E-state index in [0.717, 1.165) is 35.1 Å². The molecule has 1 heteroatoms. The van der Waals surface area contributed by atoms with E-state index in [0.29, 0.717) is 0 Å². The molecule has 0 amide bonds. The van der Waals surface area contributed by atoms with Crippen LogP contribution in [0.2, 0.25) is 0 Å². The first kappa shape index (κ1) is 12.7. The van der Waals surface area contributed by atoms with E-state index in [2.05, 4.69) is 12.2 Å². The van der Waals surface area contributed by atoms with Crippen molar-refractivity contribution in [2.45, 2.75) is 77.2 Å². The summed E-state index contributed by atoms with van der Waals surface area (Å²) in [6, 6.07) is 0.869. The van der Waals surface area contributed by atoms with Gasteiger partial charge in [-0.15, -0.1) is 0 Å². The topological polar surface area (TPSA) is 12.0 Å². The molecule has 1 unspecified atom stereocenters. The molecule has 0 spiro atoms. The maximum Gasteiger partial charge on any atom is 0.0152 e. The summed E-state index contributed by atoms with van der Waals surface area (Å²) in [6.45, 7) is 3.51. The lowest BCUT2D eigenvalue weighted by Gasteiger charge is -2.60. The first-order valence-electron chi connectivity index (χ1n) is 9.02. The summed E-state index contributed by atoms with van der Waals surface area (Å²) in [7, 11) is 0. The molecule has 5 rings (SSSR count). The Morgan fingerprint density at radius 3 is 1.95 bits per heavy atom. The molecule has 0 aromatic carbocycles. The summed E-state index contributed by atoms with van der Waals surface area (Å²) >= 11 is 0. The summed E-state index contributed by atoms with van der Waals surface area (Å²) in [4.78, 5) is 0. The van der Waals surface area contributed by atoms with Gasteiger partial charge in [0.1, 0.15) is 0 Å². The van der Waals surface area contributed by atoms with Crippen molar-refractivity contribution in [1.29, 1.82) is 0 Å². The van der Waals surface area contributed by atoms with Crippen molar-refractivity contribution in [2.24, 2.45) is 29.1 Å². The first-order chi connectivity index (χ1) is 9.29. The highest BCUT2D eigenvalue weighted by molar-refractivity contribution is 5.07. The highest BCUT2D eigenvalue weighted by atomic mass is 14.9. The van der Waals surface area contributed by atoms with E-state index in [9.17, 15) is 0 Å². The quantitative estimate of drug-likeness (QED) is 0.792. The van der Waals surface area contributed by atoms with Crippen LogP contribution in [-0.4, -0.2) is 12.6 Å². The van der Waals surface area contributed by atoms with Gasteiger partial charge in [0.05, 0.1) is 0 Å². The molecule has 0 aromatic heterocycles. The summed E-state index contributed by atoms with van der Waals surface area (Å²) in [5, 5.41) is 3.98. The fourth-order valence-corrected chi connectivity index (χ4v) is 6.95. The van der Waals surface area contributed by atoms with Crippen LogP contribution >= 0.6 is 0 Å². The third-order valence-electron chi connectivity index (χ3n) is 7.04. The molecule has 5 saturated carbocycles. The summed E-state index contributed by atoms with van der Waals surface area (Å²) in [5.41, 5.74) is 0.722. The molecular weight excluding hydrogens is 230 g/mol. The van der Waals surface area contributed by atoms with Crippen molar-refractivity contribution in [3.05, 3.63) is 0 Å². The van der Waals surface area contributed by atoms with Gasteiger partial charge in [-0.05, 0) is 87.0 Å². The lowest BCUT2D eigenvalue weighted by molar-refractivity contribution is -0.0842. The Hall–Kier alpha value is -0.0400. The minimum atomic E-state index is 0.722. The van der Waals surface area contributed by atoms with Crippen molar-refractivity contribution < 1.29 is 0 Å². The van der Waals surface area contributed by atoms with E-state index in [1.807, 2.05) is 0 Å². The van der Waals surface area contributed by atoms with Crippen molar-refractivity contribution in [1.82, 2.24) is 5.32 Å². The molecule has 108 valence electrons. The van der Waals surface area contributed by atoms with Gasteiger partial charge >= 0.3 is 0 Å². The average Bonchev–Trinajstić information content (AvgIpc) is 2.87. The SMILES string of the molecule is CCNC(C1CCCC1)C12CC3CC(CC(C3)C1)C2. The highest BCUT2D eigenvalue weighted by Crippen LogP contribution is 2.62. The standard InChI is InChI=1S/C18H31N/c1-2-19-17(16-5-3-4-6-16)18-10-13-7-14(11-18)9-15(8-13)12-18/h13-17,19H,2-12H2,1H3. The van der Waals surface area contributed by atoms with Crippen LogP contribution in [0.4, 0.5) is 0 Å². The largest absolute Gasteiger partial charge is 0.313 e. The molecule has 0 aromatic rings.